The standard InChI is InChI=1S/C13H21NO3S/c15-12(14-7-9-5-6-18-8-9)10-3-1-2-4-11(10)13(16)17/h9-11H,1-8H2,(H,14,15)(H,16,17)/t9?,10-,11+/m1/s1. The molecule has 3 atom stereocenters. The number of aliphatic carboxylic acids is 1. The maximum atomic E-state index is 12.1. The van der Waals surface area contributed by atoms with Gasteiger partial charge in [-0.2, -0.15) is 11.8 Å². The van der Waals surface area contributed by atoms with Crippen molar-refractivity contribution in [3.63, 3.8) is 0 Å². The van der Waals surface area contributed by atoms with Crippen LogP contribution in [0.5, 0.6) is 0 Å². The van der Waals surface area contributed by atoms with Gasteiger partial charge in [0.05, 0.1) is 11.8 Å². The highest BCUT2D eigenvalue weighted by Gasteiger charge is 2.35. The van der Waals surface area contributed by atoms with Crippen LogP contribution in [0.3, 0.4) is 0 Å². The highest BCUT2D eigenvalue weighted by Crippen LogP contribution is 2.30. The summed E-state index contributed by atoms with van der Waals surface area (Å²) in [7, 11) is 0. The maximum absolute atomic E-state index is 12.1. The summed E-state index contributed by atoms with van der Waals surface area (Å²) in [6, 6.07) is 0. The first kappa shape index (κ1) is 13.7. The van der Waals surface area contributed by atoms with Gasteiger partial charge in [0, 0.05) is 6.54 Å². The minimum atomic E-state index is -0.814. The molecule has 2 rings (SSSR count). The van der Waals surface area contributed by atoms with Crippen LogP contribution in [0.15, 0.2) is 0 Å². The molecule has 0 radical (unpaired) electrons. The van der Waals surface area contributed by atoms with Gasteiger partial charge >= 0.3 is 5.97 Å². The van der Waals surface area contributed by atoms with Crippen molar-refractivity contribution in [3.05, 3.63) is 0 Å². The summed E-state index contributed by atoms with van der Waals surface area (Å²) in [5, 5.41) is 12.1. The Morgan fingerprint density at radius 3 is 2.50 bits per heavy atom. The fraction of sp³-hybridized carbons (Fsp3) is 0.846. The molecule has 1 heterocycles. The lowest BCUT2D eigenvalue weighted by molar-refractivity contribution is -0.148. The third-order valence-electron chi connectivity index (χ3n) is 4.01. The van der Waals surface area contributed by atoms with Gasteiger partial charge in [-0.05, 0) is 36.7 Å². The Balaban J connectivity index is 1.83. The van der Waals surface area contributed by atoms with Gasteiger partial charge in [0.25, 0.3) is 0 Å². The Morgan fingerprint density at radius 1 is 1.17 bits per heavy atom. The van der Waals surface area contributed by atoms with E-state index >= 15 is 0 Å². The molecule has 1 aliphatic carbocycles. The highest BCUT2D eigenvalue weighted by molar-refractivity contribution is 7.99. The van der Waals surface area contributed by atoms with Crippen molar-refractivity contribution in [2.75, 3.05) is 18.1 Å². The van der Waals surface area contributed by atoms with Crippen LogP contribution in [0, 0.1) is 17.8 Å². The van der Waals surface area contributed by atoms with Crippen LogP contribution >= 0.6 is 11.8 Å². The smallest absolute Gasteiger partial charge is 0.307 e. The van der Waals surface area contributed by atoms with Gasteiger partial charge in [-0.3, -0.25) is 9.59 Å². The number of thioether (sulfide) groups is 1. The van der Waals surface area contributed by atoms with Crippen LogP contribution in [-0.2, 0) is 9.59 Å². The van der Waals surface area contributed by atoms with Crippen molar-refractivity contribution < 1.29 is 14.7 Å². The number of amides is 1. The van der Waals surface area contributed by atoms with Gasteiger partial charge in [-0.25, -0.2) is 0 Å². The monoisotopic (exact) mass is 271 g/mol. The normalized spacial score (nSPS) is 32.1. The Kier molecular flexibility index (Phi) is 4.92. The van der Waals surface area contributed by atoms with Crippen LogP contribution in [0.4, 0.5) is 0 Å². The molecule has 1 unspecified atom stereocenters. The average Bonchev–Trinajstić information content (AvgIpc) is 2.89. The van der Waals surface area contributed by atoms with Gasteiger partial charge in [-0.15, -0.1) is 0 Å². The second-order valence-corrected chi connectivity index (χ2v) is 6.46. The molecular formula is C13H21NO3S. The Bertz CT molecular complexity index is 315. The van der Waals surface area contributed by atoms with Crippen LogP contribution in [0.25, 0.3) is 0 Å². The molecule has 2 aliphatic rings. The van der Waals surface area contributed by atoms with E-state index in [2.05, 4.69) is 5.32 Å². The van der Waals surface area contributed by atoms with Gasteiger partial charge in [-0.1, -0.05) is 12.8 Å². The van der Waals surface area contributed by atoms with Gasteiger partial charge in [0.15, 0.2) is 0 Å². The molecule has 0 aromatic heterocycles. The van der Waals surface area contributed by atoms with Crippen molar-refractivity contribution in [1.82, 2.24) is 5.32 Å². The summed E-state index contributed by atoms with van der Waals surface area (Å²) < 4.78 is 0. The van der Waals surface area contributed by atoms with E-state index in [1.54, 1.807) is 0 Å². The number of nitrogens with one attached hydrogen (secondary N) is 1. The van der Waals surface area contributed by atoms with Crippen LogP contribution in [0.1, 0.15) is 32.1 Å². The zero-order chi connectivity index (χ0) is 13.0. The van der Waals surface area contributed by atoms with Gasteiger partial charge in [0.2, 0.25) is 5.91 Å². The lowest BCUT2D eigenvalue weighted by Gasteiger charge is -2.27. The lowest BCUT2D eigenvalue weighted by atomic mass is 9.78. The second kappa shape index (κ2) is 6.45. The number of carbonyl (C=O) groups is 2. The SMILES string of the molecule is O=C(O)[C@H]1CCCC[C@H]1C(=O)NCC1CCSC1. The van der Waals surface area contributed by atoms with E-state index in [1.165, 1.54) is 5.75 Å². The van der Waals surface area contributed by atoms with Crippen molar-refractivity contribution in [2.24, 2.45) is 17.8 Å². The predicted molar refractivity (Wildman–Crippen MR) is 71.5 cm³/mol. The Hall–Kier alpha value is -0.710. The second-order valence-electron chi connectivity index (χ2n) is 5.31. The van der Waals surface area contributed by atoms with E-state index in [0.29, 0.717) is 18.9 Å². The van der Waals surface area contributed by atoms with E-state index < -0.39 is 11.9 Å². The third-order valence-corrected chi connectivity index (χ3v) is 5.24. The quantitative estimate of drug-likeness (QED) is 0.817. The van der Waals surface area contributed by atoms with Crippen LogP contribution < -0.4 is 5.32 Å². The zero-order valence-electron chi connectivity index (χ0n) is 10.6. The summed E-state index contributed by atoms with van der Waals surface area (Å²) in [5.74, 6) is 1.23. The first-order valence-electron chi connectivity index (χ1n) is 6.76. The molecule has 1 aliphatic heterocycles. The number of rotatable bonds is 4. The number of carbonyl (C=O) groups excluding carboxylic acids is 1. The molecule has 18 heavy (non-hydrogen) atoms. The molecule has 1 saturated carbocycles. The van der Waals surface area contributed by atoms with Gasteiger partial charge < -0.3 is 10.4 Å². The molecule has 1 amide bonds. The number of hydrogen-bond donors (Lipinski definition) is 2. The fourth-order valence-electron chi connectivity index (χ4n) is 2.86. The number of hydrogen-bond acceptors (Lipinski definition) is 3. The van der Waals surface area contributed by atoms with Crippen LogP contribution in [-0.4, -0.2) is 35.0 Å². The lowest BCUT2D eigenvalue weighted by Crippen LogP contribution is -2.41. The highest BCUT2D eigenvalue weighted by atomic mass is 32.2. The molecule has 4 nitrogen and oxygen atoms in total. The van der Waals surface area contributed by atoms with Crippen molar-refractivity contribution in [3.8, 4) is 0 Å². The Morgan fingerprint density at radius 2 is 1.89 bits per heavy atom. The average molecular weight is 271 g/mol. The molecule has 102 valence electrons. The molecule has 2 N–H and O–H groups in total. The molecule has 0 spiro atoms. The molecule has 1 saturated heterocycles. The summed E-state index contributed by atoms with van der Waals surface area (Å²) in [6.45, 7) is 0.717. The Labute approximate surface area is 112 Å². The topological polar surface area (TPSA) is 66.4 Å². The minimum absolute atomic E-state index is 0.0426. The molecule has 5 heteroatoms. The van der Waals surface area contributed by atoms with E-state index in [1.807, 2.05) is 11.8 Å². The molecule has 2 fully saturated rings. The van der Waals surface area contributed by atoms with E-state index in [-0.39, 0.29) is 11.8 Å². The summed E-state index contributed by atoms with van der Waals surface area (Å²) >= 11 is 1.93. The summed E-state index contributed by atoms with van der Waals surface area (Å²) in [5.41, 5.74) is 0. The van der Waals surface area contributed by atoms with Crippen molar-refractivity contribution >= 4 is 23.6 Å². The largest absolute Gasteiger partial charge is 0.481 e. The first-order chi connectivity index (χ1) is 8.68. The first-order valence-corrected chi connectivity index (χ1v) is 7.92. The zero-order valence-corrected chi connectivity index (χ0v) is 11.4. The number of carboxylic acids is 1. The number of carboxylic acid groups (broad SMARTS) is 1. The van der Waals surface area contributed by atoms with E-state index in [9.17, 15) is 9.59 Å². The molecule has 0 aromatic rings. The minimum Gasteiger partial charge on any atom is -0.481 e. The molecule has 0 aromatic carbocycles. The van der Waals surface area contributed by atoms with Crippen molar-refractivity contribution in [2.45, 2.75) is 32.1 Å². The van der Waals surface area contributed by atoms with E-state index in [4.69, 9.17) is 5.11 Å². The van der Waals surface area contributed by atoms with Crippen molar-refractivity contribution in [1.29, 1.82) is 0 Å². The third kappa shape index (κ3) is 3.40. The molecule has 0 bridgehead atoms. The summed E-state index contributed by atoms with van der Waals surface area (Å²) in [4.78, 5) is 23.2. The predicted octanol–water partition coefficient (Wildman–Crippen LogP) is 1.75. The maximum Gasteiger partial charge on any atom is 0.307 e. The molecular weight excluding hydrogens is 250 g/mol. The van der Waals surface area contributed by atoms with E-state index in [0.717, 1.165) is 31.4 Å². The van der Waals surface area contributed by atoms with Crippen LogP contribution in [0.2, 0.25) is 0 Å². The summed E-state index contributed by atoms with van der Waals surface area (Å²) in [6.07, 6.45) is 4.44. The van der Waals surface area contributed by atoms with Gasteiger partial charge in [0.1, 0.15) is 0 Å². The fourth-order valence-corrected chi connectivity index (χ4v) is 4.15.